The molecule has 1 aromatic rings. The third kappa shape index (κ3) is 2.46. The Balaban J connectivity index is 3.48. The Morgan fingerprint density at radius 2 is 1.60 bits per heavy atom. The molecule has 1 aromatic carbocycles. The molecule has 0 heterocycles. The van der Waals surface area contributed by atoms with Gasteiger partial charge in [-0.25, -0.2) is 8.78 Å². The van der Waals surface area contributed by atoms with Crippen molar-refractivity contribution in [1.29, 1.82) is 0 Å². The van der Waals surface area contributed by atoms with Gasteiger partial charge in [0.25, 0.3) is 0 Å². The van der Waals surface area contributed by atoms with Crippen LogP contribution in [0.3, 0.4) is 0 Å². The molecule has 0 aliphatic rings. The van der Waals surface area contributed by atoms with Crippen LogP contribution in [0.15, 0.2) is 12.1 Å². The molecule has 0 radical (unpaired) electrons. The van der Waals surface area contributed by atoms with Crippen molar-refractivity contribution in [2.45, 2.75) is 26.2 Å². The van der Waals surface area contributed by atoms with Gasteiger partial charge in [0.2, 0.25) is 0 Å². The van der Waals surface area contributed by atoms with Crippen LogP contribution in [0.5, 0.6) is 0 Å². The summed E-state index contributed by atoms with van der Waals surface area (Å²) in [6, 6.07) is 2.30. The molecule has 1 rings (SSSR count). The lowest BCUT2D eigenvalue weighted by atomic mass is 9.85. The minimum atomic E-state index is -0.538. The molecular formula is C12H17F2N. The fraction of sp³-hybridized carbons (Fsp3) is 0.500. The van der Waals surface area contributed by atoms with Crippen LogP contribution in [-0.2, 0) is 5.41 Å². The second kappa shape index (κ2) is 3.80. The monoisotopic (exact) mass is 213 g/mol. The van der Waals surface area contributed by atoms with Crippen molar-refractivity contribution in [3.63, 3.8) is 0 Å². The molecule has 1 nitrogen and oxygen atoms in total. The predicted molar refractivity (Wildman–Crippen MR) is 59.4 cm³/mol. The highest BCUT2D eigenvalue weighted by atomic mass is 19.1. The standard InChI is InChI=1S/C12H17F2N/c1-12(2,3)11-9(14)6-8(13)7-10(11)15(4)5/h6-7H,1-5H3. The molecule has 0 aliphatic carbocycles. The van der Waals surface area contributed by atoms with Crippen molar-refractivity contribution in [3.05, 3.63) is 29.3 Å². The number of halogens is 2. The van der Waals surface area contributed by atoms with Gasteiger partial charge in [0.1, 0.15) is 11.6 Å². The van der Waals surface area contributed by atoms with E-state index in [1.165, 1.54) is 6.07 Å². The highest BCUT2D eigenvalue weighted by molar-refractivity contribution is 5.56. The minimum Gasteiger partial charge on any atom is -0.377 e. The van der Waals surface area contributed by atoms with Crippen LogP contribution >= 0.6 is 0 Å². The summed E-state index contributed by atoms with van der Waals surface area (Å²) in [5, 5.41) is 0. The number of anilines is 1. The zero-order chi connectivity index (χ0) is 11.8. The summed E-state index contributed by atoms with van der Waals surface area (Å²) in [4.78, 5) is 1.73. The van der Waals surface area contributed by atoms with Crippen molar-refractivity contribution >= 4 is 5.69 Å². The molecule has 0 spiro atoms. The van der Waals surface area contributed by atoms with Gasteiger partial charge in [0.05, 0.1) is 0 Å². The van der Waals surface area contributed by atoms with E-state index < -0.39 is 11.6 Å². The van der Waals surface area contributed by atoms with Crippen LogP contribution in [0.25, 0.3) is 0 Å². The summed E-state index contributed by atoms with van der Waals surface area (Å²) in [5.74, 6) is -1.02. The van der Waals surface area contributed by atoms with Gasteiger partial charge in [-0.05, 0) is 11.5 Å². The molecule has 0 N–H and O–H groups in total. The second-order valence-electron chi connectivity index (χ2n) is 4.93. The molecular weight excluding hydrogens is 196 g/mol. The lowest BCUT2D eigenvalue weighted by Gasteiger charge is -2.27. The lowest BCUT2D eigenvalue weighted by molar-refractivity contribution is 0.511. The predicted octanol–water partition coefficient (Wildman–Crippen LogP) is 3.33. The maximum absolute atomic E-state index is 13.7. The van der Waals surface area contributed by atoms with Crippen molar-refractivity contribution in [1.82, 2.24) is 0 Å². The van der Waals surface area contributed by atoms with E-state index in [4.69, 9.17) is 0 Å². The molecule has 0 unspecified atom stereocenters. The zero-order valence-electron chi connectivity index (χ0n) is 9.86. The summed E-state index contributed by atoms with van der Waals surface area (Å²) in [6.07, 6.45) is 0. The zero-order valence-corrected chi connectivity index (χ0v) is 9.86. The highest BCUT2D eigenvalue weighted by Crippen LogP contribution is 2.34. The van der Waals surface area contributed by atoms with Crippen molar-refractivity contribution in [3.8, 4) is 0 Å². The Morgan fingerprint density at radius 1 is 1.07 bits per heavy atom. The van der Waals surface area contributed by atoms with Gasteiger partial charge in [-0.1, -0.05) is 20.8 Å². The number of hydrogen-bond acceptors (Lipinski definition) is 1. The number of rotatable bonds is 1. The lowest BCUT2D eigenvalue weighted by Crippen LogP contribution is -2.21. The van der Waals surface area contributed by atoms with E-state index in [2.05, 4.69) is 0 Å². The smallest absolute Gasteiger partial charge is 0.131 e. The molecule has 0 aromatic heterocycles. The summed E-state index contributed by atoms with van der Waals surface area (Å²) < 4.78 is 26.8. The van der Waals surface area contributed by atoms with Gasteiger partial charge in [0, 0.05) is 31.4 Å². The quantitative estimate of drug-likeness (QED) is 0.691. The summed E-state index contributed by atoms with van der Waals surface area (Å²) >= 11 is 0. The molecule has 0 saturated carbocycles. The largest absolute Gasteiger partial charge is 0.377 e. The van der Waals surface area contributed by atoms with Crippen LogP contribution in [0, 0.1) is 11.6 Å². The first kappa shape index (κ1) is 12.0. The van der Waals surface area contributed by atoms with Crippen LogP contribution in [0.4, 0.5) is 14.5 Å². The van der Waals surface area contributed by atoms with Crippen LogP contribution in [0.2, 0.25) is 0 Å². The SMILES string of the molecule is CN(C)c1cc(F)cc(F)c1C(C)(C)C. The third-order valence-electron chi connectivity index (χ3n) is 2.27. The Labute approximate surface area is 89.7 Å². The first-order chi connectivity index (χ1) is 6.73. The van der Waals surface area contributed by atoms with Gasteiger partial charge in [-0.15, -0.1) is 0 Å². The van der Waals surface area contributed by atoms with Crippen molar-refractivity contribution < 1.29 is 8.78 Å². The molecule has 0 saturated heterocycles. The van der Waals surface area contributed by atoms with Gasteiger partial charge < -0.3 is 4.90 Å². The Hall–Kier alpha value is -1.12. The van der Waals surface area contributed by atoms with E-state index >= 15 is 0 Å². The fourth-order valence-corrected chi connectivity index (χ4v) is 1.66. The van der Waals surface area contributed by atoms with E-state index in [1.54, 1.807) is 19.0 Å². The molecule has 0 fully saturated rings. The van der Waals surface area contributed by atoms with E-state index in [9.17, 15) is 8.78 Å². The first-order valence-corrected chi connectivity index (χ1v) is 4.90. The normalized spacial score (nSPS) is 11.7. The Kier molecular flexibility index (Phi) is 3.03. The molecule has 0 aliphatic heterocycles. The van der Waals surface area contributed by atoms with Crippen LogP contribution in [-0.4, -0.2) is 14.1 Å². The van der Waals surface area contributed by atoms with Gasteiger partial charge in [-0.3, -0.25) is 0 Å². The average Bonchev–Trinajstić information content (AvgIpc) is 1.99. The number of hydrogen-bond donors (Lipinski definition) is 0. The van der Waals surface area contributed by atoms with E-state index in [0.29, 0.717) is 11.3 Å². The highest BCUT2D eigenvalue weighted by Gasteiger charge is 2.24. The Bertz CT molecular complexity index is 365. The average molecular weight is 213 g/mol. The molecule has 15 heavy (non-hydrogen) atoms. The van der Waals surface area contributed by atoms with Gasteiger partial charge in [0.15, 0.2) is 0 Å². The topological polar surface area (TPSA) is 3.24 Å². The summed E-state index contributed by atoms with van der Waals surface area (Å²) in [7, 11) is 3.56. The van der Waals surface area contributed by atoms with E-state index in [-0.39, 0.29) is 5.41 Å². The van der Waals surface area contributed by atoms with Gasteiger partial charge in [-0.2, -0.15) is 0 Å². The van der Waals surface area contributed by atoms with Crippen molar-refractivity contribution in [2.75, 3.05) is 19.0 Å². The molecule has 0 amide bonds. The molecule has 84 valence electrons. The molecule has 0 bridgehead atoms. The number of nitrogens with zero attached hydrogens (tertiary/aromatic N) is 1. The van der Waals surface area contributed by atoms with E-state index in [1.807, 2.05) is 20.8 Å². The van der Waals surface area contributed by atoms with Crippen LogP contribution < -0.4 is 4.90 Å². The fourth-order valence-electron chi connectivity index (χ4n) is 1.66. The maximum atomic E-state index is 13.7. The molecule has 0 atom stereocenters. The summed E-state index contributed by atoms with van der Waals surface area (Å²) in [6.45, 7) is 5.74. The van der Waals surface area contributed by atoms with Crippen molar-refractivity contribution in [2.24, 2.45) is 0 Å². The summed E-state index contributed by atoms with van der Waals surface area (Å²) in [5.41, 5.74) is 0.811. The third-order valence-corrected chi connectivity index (χ3v) is 2.27. The van der Waals surface area contributed by atoms with Gasteiger partial charge >= 0.3 is 0 Å². The maximum Gasteiger partial charge on any atom is 0.131 e. The van der Waals surface area contributed by atoms with Crippen LogP contribution in [0.1, 0.15) is 26.3 Å². The first-order valence-electron chi connectivity index (χ1n) is 4.90. The molecule has 3 heteroatoms. The Morgan fingerprint density at radius 3 is 2.00 bits per heavy atom. The minimum absolute atomic E-state index is 0.336. The number of benzene rings is 1. The second-order valence-corrected chi connectivity index (χ2v) is 4.93. The van der Waals surface area contributed by atoms with E-state index in [0.717, 1.165) is 6.07 Å².